The second kappa shape index (κ2) is 8.02. The lowest BCUT2D eigenvalue weighted by molar-refractivity contribution is 0.00949. The van der Waals surface area contributed by atoms with Crippen LogP contribution in [0.1, 0.15) is 67.2 Å². The molecule has 0 radical (unpaired) electrons. The van der Waals surface area contributed by atoms with Gasteiger partial charge in [-0.25, -0.2) is 4.79 Å². The molecule has 0 aromatic carbocycles. The van der Waals surface area contributed by atoms with E-state index in [0.29, 0.717) is 12.0 Å². The van der Waals surface area contributed by atoms with Crippen LogP contribution < -0.4 is 5.32 Å². The molecule has 0 aromatic rings. The Balaban J connectivity index is 2.58. The standard InChI is InChI=1S/C17H34N2O2/c1-7-15(13(2)3)18-12-14-10-8-9-11-19(14)16(20)21-17(4,5)6/h13-15,18H,7-12H2,1-6H3. The summed E-state index contributed by atoms with van der Waals surface area (Å²) < 4.78 is 5.55. The van der Waals surface area contributed by atoms with Gasteiger partial charge >= 0.3 is 6.09 Å². The average molecular weight is 298 g/mol. The molecule has 4 heteroatoms. The van der Waals surface area contributed by atoms with Crippen LogP contribution in [0.2, 0.25) is 0 Å². The fraction of sp³-hybridized carbons (Fsp3) is 0.941. The van der Waals surface area contributed by atoms with Crippen molar-refractivity contribution in [3.05, 3.63) is 0 Å². The van der Waals surface area contributed by atoms with Gasteiger partial charge in [0, 0.05) is 25.2 Å². The van der Waals surface area contributed by atoms with Crippen molar-refractivity contribution >= 4 is 6.09 Å². The molecule has 21 heavy (non-hydrogen) atoms. The zero-order valence-corrected chi connectivity index (χ0v) is 14.7. The van der Waals surface area contributed by atoms with Gasteiger partial charge < -0.3 is 15.0 Å². The molecule has 124 valence electrons. The van der Waals surface area contributed by atoms with E-state index < -0.39 is 5.60 Å². The Morgan fingerprint density at radius 1 is 1.33 bits per heavy atom. The number of hydrogen-bond acceptors (Lipinski definition) is 3. The molecule has 2 atom stereocenters. The van der Waals surface area contributed by atoms with Crippen LogP contribution in [0.25, 0.3) is 0 Å². The molecule has 0 aliphatic carbocycles. The van der Waals surface area contributed by atoms with E-state index in [4.69, 9.17) is 4.74 Å². The van der Waals surface area contributed by atoms with Gasteiger partial charge in [-0.05, 0) is 52.4 Å². The van der Waals surface area contributed by atoms with Crippen LogP contribution in [0, 0.1) is 5.92 Å². The minimum atomic E-state index is -0.420. The third-order valence-electron chi connectivity index (χ3n) is 4.12. The summed E-state index contributed by atoms with van der Waals surface area (Å²) in [6, 6.07) is 0.786. The Morgan fingerprint density at radius 2 is 2.00 bits per heavy atom. The van der Waals surface area contributed by atoms with Gasteiger partial charge in [0.1, 0.15) is 5.60 Å². The molecule has 1 amide bonds. The highest BCUT2D eigenvalue weighted by atomic mass is 16.6. The van der Waals surface area contributed by atoms with E-state index >= 15 is 0 Å². The highest BCUT2D eigenvalue weighted by molar-refractivity contribution is 5.68. The third kappa shape index (κ3) is 6.25. The predicted molar refractivity (Wildman–Crippen MR) is 87.5 cm³/mol. The van der Waals surface area contributed by atoms with E-state index in [0.717, 1.165) is 32.4 Å². The summed E-state index contributed by atoms with van der Waals surface area (Å²) in [7, 11) is 0. The van der Waals surface area contributed by atoms with Crippen LogP contribution in [-0.2, 0) is 4.74 Å². The summed E-state index contributed by atoms with van der Waals surface area (Å²) in [5, 5.41) is 3.64. The first-order valence-corrected chi connectivity index (χ1v) is 8.47. The lowest BCUT2D eigenvalue weighted by atomic mass is 9.99. The number of piperidine rings is 1. The molecule has 0 bridgehead atoms. The van der Waals surface area contributed by atoms with Crippen molar-refractivity contribution in [3.63, 3.8) is 0 Å². The first-order valence-electron chi connectivity index (χ1n) is 8.47. The summed E-state index contributed by atoms with van der Waals surface area (Å²) in [6.45, 7) is 14.2. The number of amides is 1. The van der Waals surface area contributed by atoms with E-state index in [1.54, 1.807) is 0 Å². The average Bonchev–Trinajstić information content (AvgIpc) is 2.37. The van der Waals surface area contributed by atoms with Crippen LogP contribution in [0.4, 0.5) is 4.79 Å². The number of nitrogens with one attached hydrogen (secondary N) is 1. The molecule has 1 aliphatic rings. The van der Waals surface area contributed by atoms with Gasteiger partial charge in [0.15, 0.2) is 0 Å². The Morgan fingerprint density at radius 3 is 2.52 bits per heavy atom. The van der Waals surface area contributed by atoms with Crippen LogP contribution in [0.5, 0.6) is 0 Å². The minimum Gasteiger partial charge on any atom is -0.444 e. The predicted octanol–water partition coefficient (Wildman–Crippen LogP) is 3.80. The van der Waals surface area contributed by atoms with Gasteiger partial charge in [-0.2, -0.15) is 0 Å². The van der Waals surface area contributed by atoms with Gasteiger partial charge in [0.2, 0.25) is 0 Å². The van der Waals surface area contributed by atoms with Gasteiger partial charge in [-0.15, -0.1) is 0 Å². The van der Waals surface area contributed by atoms with Crippen molar-refractivity contribution in [3.8, 4) is 0 Å². The van der Waals surface area contributed by atoms with E-state index in [9.17, 15) is 4.79 Å². The van der Waals surface area contributed by atoms with Gasteiger partial charge in [-0.3, -0.25) is 0 Å². The molecule has 1 saturated heterocycles. The Bertz CT molecular complexity index is 323. The zero-order valence-electron chi connectivity index (χ0n) is 14.7. The normalized spacial score (nSPS) is 21.5. The fourth-order valence-corrected chi connectivity index (χ4v) is 2.91. The molecule has 0 aromatic heterocycles. The number of hydrogen-bond donors (Lipinski definition) is 1. The highest BCUT2D eigenvalue weighted by Crippen LogP contribution is 2.20. The lowest BCUT2D eigenvalue weighted by Crippen LogP contribution is -2.51. The Labute approximate surface area is 130 Å². The number of likely N-dealkylation sites (tertiary alicyclic amines) is 1. The minimum absolute atomic E-state index is 0.161. The maximum absolute atomic E-state index is 12.3. The number of rotatable bonds is 5. The van der Waals surface area contributed by atoms with E-state index in [1.807, 2.05) is 25.7 Å². The molecule has 2 unspecified atom stereocenters. The summed E-state index contributed by atoms with van der Waals surface area (Å²) in [5.74, 6) is 0.619. The molecule has 1 rings (SSSR count). The summed E-state index contributed by atoms with van der Waals surface area (Å²) in [6.07, 6.45) is 4.31. The number of nitrogens with zero attached hydrogens (tertiary/aromatic N) is 1. The molecular formula is C17H34N2O2. The summed E-state index contributed by atoms with van der Waals surface area (Å²) >= 11 is 0. The number of carbonyl (C=O) groups is 1. The molecule has 4 nitrogen and oxygen atoms in total. The maximum atomic E-state index is 12.3. The first-order chi connectivity index (χ1) is 9.74. The van der Waals surface area contributed by atoms with E-state index in [2.05, 4.69) is 26.1 Å². The van der Waals surface area contributed by atoms with E-state index in [1.165, 1.54) is 6.42 Å². The van der Waals surface area contributed by atoms with Gasteiger partial charge in [-0.1, -0.05) is 20.8 Å². The van der Waals surface area contributed by atoms with Gasteiger partial charge in [0.25, 0.3) is 0 Å². The molecule has 1 aliphatic heterocycles. The monoisotopic (exact) mass is 298 g/mol. The Kier molecular flexibility index (Phi) is 6.98. The summed E-state index contributed by atoms with van der Waals surface area (Å²) in [4.78, 5) is 14.3. The molecule has 0 saturated carbocycles. The largest absolute Gasteiger partial charge is 0.444 e. The smallest absolute Gasteiger partial charge is 0.410 e. The number of ether oxygens (including phenoxy) is 1. The SMILES string of the molecule is CCC(NCC1CCCCN1C(=O)OC(C)(C)C)C(C)C. The van der Waals surface area contributed by atoms with Crippen molar-refractivity contribution in [2.24, 2.45) is 5.92 Å². The van der Waals surface area contributed by atoms with Crippen molar-refractivity contribution in [2.45, 2.75) is 84.9 Å². The molecule has 1 N–H and O–H groups in total. The third-order valence-corrected chi connectivity index (χ3v) is 4.12. The fourth-order valence-electron chi connectivity index (χ4n) is 2.91. The van der Waals surface area contributed by atoms with Gasteiger partial charge in [0.05, 0.1) is 0 Å². The van der Waals surface area contributed by atoms with Crippen molar-refractivity contribution < 1.29 is 9.53 Å². The second-order valence-corrected chi connectivity index (χ2v) is 7.49. The van der Waals surface area contributed by atoms with Crippen molar-refractivity contribution in [1.29, 1.82) is 0 Å². The molecule has 0 spiro atoms. The van der Waals surface area contributed by atoms with Crippen LogP contribution in [0.3, 0.4) is 0 Å². The zero-order chi connectivity index (χ0) is 16.0. The van der Waals surface area contributed by atoms with Crippen LogP contribution >= 0.6 is 0 Å². The maximum Gasteiger partial charge on any atom is 0.410 e. The van der Waals surface area contributed by atoms with E-state index in [-0.39, 0.29) is 12.1 Å². The summed E-state index contributed by atoms with van der Waals surface area (Å²) in [5.41, 5.74) is -0.420. The molecule has 1 heterocycles. The number of carbonyl (C=O) groups excluding carboxylic acids is 1. The Hall–Kier alpha value is -0.770. The topological polar surface area (TPSA) is 41.6 Å². The lowest BCUT2D eigenvalue weighted by Gasteiger charge is -2.38. The molecular weight excluding hydrogens is 264 g/mol. The van der Waals surface area contributed by atoms with Crippen LogP contribution in [-0.4, -0.2) is 41.8 Å². The second-order valence-electron chi connectivity index (χ2n) is 7.49. The highest BCUT2D eigenvalue weighted by Gasteiger charge is 2.30. The van der Waals surface area contributed by atoms with Crippen molar-refractivity contribution in [2.75, 3.05) is 13.1 Å². The van der Waals surface area contributed by atoms with Crippen molar-refractivity contribution in [1.82, 2.24) is 10.2 Å². The quantitative estimate of drug-likeness (QED) is 0.839. The first kappa shape index (κ1) is 18.3. The molecule has 1 fully saturated rings. The van der Waals surface area contributed by atoms with Crippen LogP contribution in [0.15, 0.2) is 0 Å².